The molecule has 5 nitrogen and oxygen atoms in total. The summed E-state index contributed by atoms with van der Waals surface area (Å²) in [6.07, 6.45) is 3.01. The minimum Gasteiger partial charge on any atom is -0.289 e. The number of fused-ring (bicyclic) bond motifs is 1. The standard InChI is InChI=1S/C7H6N4O/c1-4-2-8-6-5(10-4)3-9-7(12)11-6/h2-3H,1H3,(H,8,9,11,12). The maximum Gasteiger partial charge on any atom is 0.346 e. The number of nitrogens with one attached hydrogen (secondary N) is 1. The first kappa shape index (κ1) is 6.90. The number of nitrogens with zero attached hydrogens (tertiary/aromatic N) is 3. The highest BCUT2D eigenvalue weighted by molar-refractivity contribution is 5.67. The Morgan fingerprint density at radius 2 is 2.17 bits per heavy atom. The zero-order valence-corrected chi connectivity index (χ0v) is 6.40. The van der Waals surface area contributed by atoms with Crippen LogP contribution in [0, 0.1) is 6.92 Å². The van der Waals surface area contributed by atoms with Crippen molar-refractivity contribution in [2.45, 2.75) is 6.92 Å². The molecule has 0 saturated carbocycles. The summed E-state index contributed by atoms with van der Waals surface area (Å²) in [5.41, 5.74) is 1.48. The zero-order chi connectivity index (χ0) is 8.55. The SMILES string of the molecule is Cc1cnc2[nH]c(=O)ncc2n1. The van der Waals surface area contributed by atoms with Crippen LogP contribution in [0.1, 0.15) is 5.69 Å². The number of aryl methyl sites for hydroxylation is 1. The lowest BCUT2D eigenvalue weighted by molar-refractivity contribution is 1.06. The number of hydrogen-bond donors (Lipinski definition) is 1. The van der Waals surface area contributed by atoms with E-state index in [0.717, 1.165) is 5.69 Å². The lowest BCUT2D eigenvalue weighted by Crippen LogP contribution is -2.10. The molecule has 0 atom stereocenters. The molecule has 0 fully saturated rings. The lowest BCUT2D eigenvalue weighted by atomic mass is 10.4. The van der Waals surface area contributed by atoms with E-state index in [4.69, 9.17) is 0 Å². The zero-order valence-electron chi connectivity index (χ0n) is 6.40. The van der Waals surface area contributed by atoms with E-state index in [-0.39, 0.29) is 0 Å². The van der Waals surface area contributed by atoms with Gasteiger partial charge in [0.25, 0.3) is 0 Å². The fourth-order valence-electron chi connectivity index (χ4n) is 0.936. The molecule has 2 aromatic rings. The normalized spacial score (nSPS) is 10.4. The van der Waals surface area contributed by atoms with Gasteiger partial charge in [-0.15, -0.1) is 0 Å². The van der Waals surface area contributed by atoms with Crippen molar-refractivity contribution in [2.24, 2.45) is 0 Å². The molecule has 0 aliphatic carbocycles. The molecule has 0 radical (unpaired) electrons. The molecule has 0 unspecified atom stereocenters. The Hall–Kier alpha value is -1.78. The number of H-pyrrole nitrogens is 1. The summed E-state index contributed by atoms with van der Waals surface area (Å²) in [5.74, 6) is 0. The average Bonchev–Trinajstić information content (AvgIpc) is 2.05. The second-order valence-corrected chi connectivity index (χ2v) is 2.43. The van der Waals surface area contributed by atoms with Crippen LogP contribution in [0.25, 0.3) is 11.2 Å². The molecule has 0 spiro atoms. The number of aromatic amines is 1. The summed E-state index contributed by atoms with van der Waals surface area (Å²) >= 11 is 0. The predicted octanol–water partition coefficient (Wildman–Crippen LogP) is 0.0215. The number of rotatable bonds is 0. The van der Waals surface area contributed by atoms with E-state index >= 15 is 0 Å². The first-order valence-electron chi connectivity index (χ1n) is 3.44. The van der Waals surface area contributed by atoms with Crippen molar-refractivity contribution in [1.29, 1.82) is 0 Å². The van der Waals surface area contributed by atoms with Gasteiger partial charge in [0.2, 0.25) is 0 Å². The van der Waals surface area contributed by atoms with Crippen LogP contribution in [-0.4, -0.2) is 19.9 Å². The van der Waals surface area contributed by atoms with Gasteiger partial charge in [0.05, 0.1) is 18.1 Å². The maximum absolute atomic E-state index is 10.7. The van der Waals surface area contributed by atoms with Crippen molar-refractivity contribution >= 4 is 11.2 Å². The van der Waals surface area contributed by atoms with Gasteiger partial charge in [-0.1, -0.05) is 0 Å². The molecule has 2 aromatic heterocycles. The van der Waals surface area contributed by atoms with Gasteiger partial charge in [-0.25, -0.2) is 14.8 Å². The molecular formula is C7H6N4O. The Kier molecular flexibility index (Phi) is 1.36. The molecule has 0 bridgehead atoms. The van der Waals surface area contributed by atoms with Crippen LogP contribution in [0.4, 0.5) is 0 Å². The van der Waals surface area contributed by atoms with Crippen LogP contribution in [-0.2, 0) is 0 Å². The molecule has 0 aromatic carbocycles. The summed E-state index contributed by atoms with van der Waals surface area (Å²) in [5, 5.41) is 0. The van der Waals surface area contributed by atoms with Gasteiger partial charge >= 0.3 is 5.69 Å². The third-order valence-corrected chi connectivity index (χ3v) is 1.45. The van der Waals surface area contributed by atoms with Crippen molar-refractivity contribution < 1.29 is 0 Å². The second kappa shape index (κ2) is 2.37. The molecule has 60 valence electrons. The van der Waals surface area contributed by atoms with Crippen molar-refractivity contribution in [3.63, 3.8) is 0 Å². The smallest absolute Gasteiger partial charge is 0.289 e. The highest BCUT2D eigenvalue weighted by atomic mass is 16.1. The van der Waals surface area contributed by atoms with E-state index in [9.17, 15) is 4.79 Å². The average molecular weight is 162 g/mol. The fourth-order valence-corrected chi connectivity index (χ4v) is 0.936. The predicted molar refractivity (Wildman–Crippen MR) is 42.7 cm³/mol. The fraction of sp³-hybridized carbons (Fsp3) is 0.143. The largest absolute Gasteiger partial charge is 0.346 e. The highest BCUT2D eigenvalue weighted by Gasteiger charge is 1.96. The van der Waals surface area contributed by atoms with Gasteiger partial charge in [-0.05, 0) is 6.92 Å². The number of hydrogen-bond acceptors (Lipinski definition) is 4. The number of aromatic nitrogens is 4. The maximum atomic E-state index is 10.7. The molecule has 0 aliphatic rings. The first-order chi connectivity index (χ1) is 5.75. The van der Waals surface area contributed by atoms with E-state index in [2.05, 4.69) is 19.9 Å². The van der Waals surface area contributed by atoms with Gasteiger partial charge in [0, 0.05) is 0 Å². The van der Waals surface area contributed by atoms with Gasteiger partial charge in [-0.3, -0.25) is 4.98 Å². The Balaban J connectivity index is 2.87. The highest BCUT2D eigenvalue weighted by Crippen LogP contribution is 2.00. The summed E-state index contributed by atoms with van der Waals surface area (Å²) in [7, 11) is 0. The molecule has 12 heavy (non-hydrogen) atoms. The van der Waals surface area contributed by atoms with Crippen LogP contribution in [0.2, 0.25) is 0 Å². The van der Waals surface area contributed by atoms with Crippen LogP contribution < -0.4 is 5.69 Å². The molecule has 1 N–H and O–H groups in total. The van der Waals surface area contributed by atoms with Gasteiger partial charge in [0.1, 0.15) is 5.52 Å². The Morgan fingerprint density at radius 1 is 1.33 bits per heavy atom. The van der Waals surface area contributed by atoms with E-state index in [1.165, 1.54) is 6.20 Å². The van der Waals surface area contributed by atoms with Crippen molar-refractivity contribution in [1.82, 2.24) is 19.9 Å². The van der Waals surface area contributed by atoms with E-state index < -0.39 is 5.69 Å². The third kappa shape index (κ3) is 1.05. The summed E-state index contributed by atoms with van der Waals surface area (Å²) < 4.78 is 0. The van der Waals surface area contributed by atoms with Crippen molar-refractivity contribution in [3.05, 3.63) is 28.6 Å². The second-order valence-electron chi connectivity index (χ2n) is 2.43. The Morgan fingerprint density at radius 3 is 3.00 bits per heavy atom. The van der Waals surface area contributed by atoms with Crippen molar-refractivity contribution in [3.8, 4) is 0 Å². The topological polar surface area (TPSA) is 71.5 Å². The van der Waals surface area contributed by atoms with Crippen LogP contribution in [0.3, 0.4) is 0 Å². The molecule has 2 rings (SSSR count). The van der Waals surface area contributed by atoms with E-state index in [1.54, 1.807) is 6.20 Å². The summed E-state index contributed by atoms with van der Waals surface area (Å²) in [4.78, 5) is 24.9. The lowest BCUT2D eigenvalue weighted by Gasteiger charge is -1.94. The van der Waals surface area contributed by atoms with Crippen molar-refractivity contribution in [2.75, 3.05) is 0 Å². The van der Waals surface area contributed by atoms with Gasteiger partial charge in [-0.2, -0.15) is 4.98 Å². The quantitative estimate of drug-likeness (QED) is 0.592. The third-order valence-electron chi connectivity index (χ3n) is 1.45. The molecule has 5 heteroatoms. The van der Waals surface area contributed by atoms with Crippen LogP contribution in [0.15, 0.2) is 17.2 Å². The van der Waals surface area contributed by atoms with Crippen LogP contribution in [0.5, 0.6) is 0 Å². The molecular weight excluding hydrogens is 156 g/mol. The minimum absolute atomic E-state index is 0.402. The molecule has 0 aliphatic heterocycles. The Labute approximate surface area is 67.5 Å². The molecule has 2 heterocycles. The van der Waals surface area contributed by atoms with E-state index in [0.29, 0.717) is 11.2 Å². The summed E-state index contributed by atoms with van der Waals surface area (Å²) in [6, 6.07) is 0. The Bertz CT molecular complexity index is 476. The molecule has 0 saturated heterocycles. The molecule has 0 amide bonds. The summed E-state index contributed by atoms with van der Waals surface area (Å²) in [6.45, 7) is 1.83. The first-order valence-corrected chi connectivity index (χ1v) is 3.44. The minimum atomic E-state index is -0.402. The van der Waals surface area contributed by atoms with Gasteiger partial charge < -0.3 is 0 Å². The van der Waals surface area contributed by atoms with E-state index in [1.807, 2.05) is 6.92 Å². The van der Waals surface area contributed by atoms with Gasteiger partial charge in [0.15, 0.2) is 5.65 Å². The van der Waals surface area contributed by atoms with Crippen LogP contribution >= 0.6 is 0 Å². The monoisotopic (exact) mass is 162 g/mol.